The van der Waals surface area contributed by atoms with Gasteiger partial charge in [-0.25, -0.2) is 8.78 Å². The molecule has 0 unspecified atom stereocenters. The summed E-state index contributed by atoms with van der Waals surface area (Å²) in [6, 6.07) is 2.84. The number of nitrogens with zero attached hydrogens (tertiary/aromatic N) is 1. The first kappa shape index (κ1) is 12.9. The van der Waals surface area contributed by atoms with Crippen molar-refractivity contribution in [3.63, 3.8) is 0 Å². The van der Waals surface area contributed by atoms with Crippen LogP contribution in [0.25, 0.3) is 0 Å². The molecule has 16 heavy (non-hydrogen) atoms. The van der Waals surface area contributed by atoms with Gasteiger partial charge in [0.25, 0.3) is 0 Å². The molecule has 1 rings (SSSR count). The quantitative estimate of drug-likeness (QED) is 0.860. The summed E-state index contributed by atoms with van der Waals surface area (Å²) >= 11 is 0. The maximum Gasteiger partial charge on any atom is 0.182 e. The molecule has 0 saturated heterocycles. The van der Waals surface area contributed by atoms with Crippen LogP contribution in [0, 0.1) is 11.6 Å². The first-order valence-corrected chi connectivity index (χ1v) is 5.15. The van der Waals surface area contributed by atoms with Gasteiger partial charge in [0.2, 0.25) is 0 Å². The maximum atomic E-state index is 13.4. The summed E-state index contributed by atoms with van der Waals surface area (Å²) in [5.74, 6) is -1.64. The molecule has 4 heteroatoms. The molecule has 0 radical (unpaired) electrons. The average Bonchev–Trinajstić information content (AvgIpc) is 2.07. The zero-order valence-corrected chi connectivity index (χ0v) is 10.1. The van der Waals surface area contributed by atoms with Gasteiger partial charge in [0.1, 0.15) is 0 Å². The molecule has 0 bridgehead atoms. The van der Waals surface area contributed by atoms with Crippen molar-refractivity contribution < 1.29 is 8.78 Å². The Morgan fingerprint density at radius 3 is 2.25 bits per heavy atom. The third kappa shape index (κ3) is 3.17. The van der Waals surface area contributed by atoms with E-state index >= 15 is 0 Å². The molecule has 90 valence electrons. The number of benzene rings is 1. The van der Waals surface area contributed by atoms with Crippen LogP contribution < -0.4 is 10.6 Å². The molecule has 0 aliphatic carbocycles. The fraction of sp³-hybridized carbons (Fsp3) is 0.500. The van der Waals surface area contributed by atoms with Crippen molar-refractivity contribution >= 4 is 5.69 Å². The van der Waals surface area contributed by atoms with Gasteiger partial charge < -0.3 is 10.6 Å². The third-order valence-corrected chi connectivity index (χ3v) is 2.21. The second-order valence-electron chi connectivity index (χ2n) is 4.97. The van der Waals surface area contributed by atoms with Crippen molar-refractivity contribution in [2.24, 2.45) is 5.73 Å². The van der Waals surface area contributed by atoms with Crippen molar-refractivity contribution in [2.45, 2.75) is 25.8 Å². The van der Waals surface area contributed by atoms with Crippen LogP contribution in [-0.2, 0) is 6.42 Å². The van der Waals surface area contributed by atoms with E-state index in [1.807, 2.05) is 13.8 Å². The van der Waals surface area contributed by atoms with E-state index in [0.717, 1.165) is 0 Å². The highest BCUT2D eigenvalue weighted by Crippen LogP contribution is 2.23. The first-order valence-electron chi connectivity index (χ1n) is 5.15. The molecule has 0 aromatic heterocycles. The summed E-state index contributed by atoms with van der Waals surface area (Å²) < 4.78 is 26.8. The highest BCUT2D eigenvalue weighted by Gasteiger charge is 2.17. The summed E-state index contributed by atoms with van der Waals surface area (Å²) in [5.41, 5.74) is 6.37. The monoisotopic (exact) mass is 228 g/mol. The van der Waals surface area contributed by atoms with Crippen molar-refractivity contribution in [1.29, 1.82) is 0 Å². The van der Waals surface area contributed by atoms with Crippen LogP contribution in [-0.4, -0.2) is 19.6 Å². The molecule has 0 amide bonds. The van der Waals surface area contributed by atoms with E-state index in [9.17, 15) is 8.78 Å². The van der Waals surface area contributed by atoms with Crippen LogP contribution in [0.4, 0.5) is 14.5 Å². The third-order valence-electron chi connectivity index (χ3n) is 2.21. The molecular formula is C12H18F2N2. The lowest BCUT2D eigenvalue weighted by Gasteiger charge is -2.21. The number of halogens is 2. The van der Waals surface area contributed by atoms with Gasteiger partial charge in [-0.2, -0.15) is 0 Å². The fourth-order valence-electron chi connectivity index (χ4n) is 1.58. The predicted octanol–water partition coefficient (Wildman–Crippen LogP) is 2.31. The van der Waals surface area contributed by atoms with E-state index < -0.39 is 17.2 Å². The van der Waals surface area contributed by atoms with Crippen LogP contribution in [0.1, 0.15) is 19.4 Å². The number of nitrogens with two attached hydrogens (primary N) is 1. The lowest BCUT2D eigenvalue weighted by atomic mass is 9.95. The molecule has 0 fully saturated rings. The minimum atomic E-state index is -0.828. The molecule has 1 aromatic rings. The van der Waals surface area contributed by atoms with Gasteiger partial charge in [0, 0.05) is 19.6 Å². The topological polar surface area (TPSA) is 29.3 Å². The highest BCUT2D eigenvalue weighted by molar-refractivity contribution is 5.49. The Balaban J connectivity index is 3.14. The summed E-state index contributed by atoms with van der Waals surface area (Å²) in [6.45, 7) is 3.70. The average molecular weight is 228 g/mol. The van der Waals surface area contributed by atoms with E-state index in [2.05, 4.69) is 0 Å². The Labute approximate surface area is 95.1 Å². The summed E-state index contributed by atoms with van der Waals surface area (Å²) in [5, 5.41) is 0. The Morgan fingerprint density at radius 2 is 1.81 bits per heavy atom. The van der Waals surface area contributed by atoms with Crippen molar-refractivity contribution in [3.05, 3.63) is 29.3 Å². The molecule has 0 heterocycles. The van der Waals surface area contributed by atoms with Gasteiger partial charge in [-0.1, -0.05) is 0 Å². The molecule has 0 atom stereocenters. The smallest absolute Gasteiger partial charge is 0.182 e. The predicted molar refractivity (Wildman–Crippen MR) is 62.7 cm³/mol. The molecule has 1 aromatic carbocycles. The molecule has 2 nitrogen and oxygen atoms in total. The molecule has 0 spiro atoms. The van der Waals surface area contributed by atoms with Crippen molar-refractivity contribution in [1.82, 2.24) is 0 Å². The molecule has 0 saturated carbocycles. The molecule has 2 N–H and O–H groups in total. The van der Waals surface area contributed by atoms with Crippen molar-refractivity contribution in [2.75, 3.05) is 19.0 Å². The number of anilines is 1. The van der Waals surface area contributed by atoms with E-state index in [4.69, 9.17) is 5.73 Å². The number of hydrogen-bond acceptors (Lipinski definition) is 2. The van der Waals surface area contributed by atoms with Gasteiger partial charge in [-0.3, -0.25) is 0 Å². The van der Waals surface area contributed by atoms with Crippen LogP contribution >= 0.6 is 0 Å². The first-order chi connectivity index (χ1) is 7.20. The van der Waals surface area contributed by atoms with Gasteiger partial charge >= 0.3 is 0 Å². The van der Waals surface area contributed by atoms with Gasteiger partial charge in [0.15, 0.2) is 11.6 Å². The Kier molecular flexibility index (Phi) is 3.53. The lowest BCUT2D eigenvalue weighted by Crippen LogP contribution is -2.34. The minimum Gasteiger partial charge on any atom is -0.375 e. The van der Waals surface area contributed by atoms with E-state index in [1.54, 1.807) is 25.1 Å². The van der Waals surface area contributed by atoms with Gasteiger partial charge in [-0.05, 0) is 38.0 Å². The normalized spacial score (nSPS) is 11.7. The summed E-state index contributed by atoms with van der Waals surface area (Å²) in [4.78, 5) is 1.55. The van der Waals surface area contributed by atoms with Crippen molar-refractivity contribution in [3.8, 4) is 0 Å². The van der Waals surface area contributed by atoms with Crippen LogP contribution in [0.3, 0.4) is 0 Å². The van der Waals surface area contributed by atoms with E-state index in [-0.39, 0.29) is 5.69 Å². The maximum absolute atomic E-state index is 13.4. The van der Waals surface area contributed by atoms with Gasteiger partial charge in [0.05, 0.1) is 5.69 Å². The molecular weight excluding hydrogens is 210 g/mol. The largest absolute Gasteiger partial charge is 0.375 e. The second kappa shape index (κ2) is 4.37. The Bertz CT molecular complexity index is 381. The zero-order valence-electron chi connectivity index (χ0n) is 10.1. The molecule has 0 aliphatic heterocycles. The Morgan fingerprint density at radius 1 is 1.25 bits per heavy atom. The summed E-state index contributed by atoms with van der Waals surface area (Å²) in [7, 11) is 3.35. The standard InChI is InChI=1S/C12H18F2N2/c1-12(2,15)7-8-5-9(13)11(14)10(6-8)16(3)4/h5-6H,7,15H2,1-4H3. The van der Waals surface area contributed by atoms with Crippen LogP contribution in [0.2, 0.25) is 0 Å². The minimum absolute atomic E-state index is 0.249. The number of rotatable bonds is 3. The highest BCUT2D eigenvalue weighted by atomic mass is 19.2. The van der Waals surface area contributed by atoms with Crippen LogP contribution in [0.5, 0.6) is 0 Å². The number of hydrogen-bond donors (Lipinski definition) is 1. The molecule has 0 aliphatic rings. The summed E-state index contributed by atoms with van der Waals surface area (Å²) in [6.07, 6.45) is 0.505. The van der Waals surface area contributed by atoms with Gasteiger partial charge in [-0.15, -0.1) is 0 Å². The fourth-order valence-corrected chi connectivity index (χ4v) is 1.58. The van der Waals surface area contributed by atoms with E-state index in [1.165, 1.54) is 6.07 Å². The zero-order chi connectivity index (χ0) is 12.5. The lowest BCUT2D eigenvalue weighted by molar-refractivity contribution is 0.494. The SMILES string of the molecule is CN(C)c1cc(CC(C)(C)N)cc(F)c1F. The van der Waals surface area contributed by atoms with E-state index in [0.29, 0.717) is 12.0 Å². The Hall–Kier alpha value is -1.16. The second-order valence-corrected chi connectivity index (χ2v) is 4.97. The van der Waals surface area contributed by atoms with Crippen LogP contribution in [0.15, 0.2) is 12.1 Å².